The molecule has 2 amide bonds. The Kier molecular flexibility index (Phi) is 11.1. The number of carbonyl (C=O) groups is 2. The van der Waals surface area contributed by atoms with E-state index in [0.717, 1.165) is 29.0 Å². The van der Waals surface area contributed by atoms with Crippen molar-refractivity contribution in [2.24, 2.45) is 0 Å². The third-order valence-electron chi connectivity index (χ3n) is 6.09. The molecule has 2 aromatic carbocycles. The molecule has 2 atom stereocenters. The van der Waals surface area contributed by atoms with E-state index in [9.17, 15) is 18.0 Å². The molecule has 0 saturated heterocycles. The van der Waals surface area contributed by atoms with Gasteiger partial charge in [-0.15, -0.1) is 0 Å². The summed E-state index contributed by atoms with van der Waals surface area (Å²) in [5, 5.41) is 3.64. The van der Waals surface area contributed by atoms with Crippen LogP contribution in [-0.2, 0) is 32.6 Å². The van der Waals surface area contributed by atoms with Crippen LogP contribution in [0.3, 0.4) is 0 Å². The van der Waals surface area contributed by atoms with Gasteiger partial charge in [-0.1, -0.05) is 62.2 Å². The predicted octanol–water partition coefficient (Wildman–Crippen LogP) is 5.04. The predicted molar refractivity (Wildman–Crippen MR) is 147 cm³/mol. The van der Waals surface area contributed by atoms with Crippen LogP contribution in [0.25, 0.3) is 0 Å². The van der Waals surface area contributed by atoms with E-state index >= 15 is 0 Å². The molecule has 2 aromatic rings. The van der Waals surface area contributed by atoms with Crippen molar-refractivity contribution >= 4 is 50.7 Å². The average molecular weight is 557 g/mol. The molecule has 0 bridgehead atoms. The van der Waals surface area contributed by atoms with E-state index in [-0.39, 0.29) is 18.5 Å². The van der Waals surface area contributed by atoms with Gasteiger partial charge in [0.15, 0.2) is 0 Å². The Morgan fingerprint density at radius 3 is 2.03 bits per heavy atom. The summed E-state index contributed by atoms with van der Waals surface area (Å²) in [5.74, 6) is -0.858. The van der Waals surface area contributed by atoms with Crippen molar-refractivity contribution in [2.45, 2.75) is 65.6 Å². The molecule has 0 aliphatic rings. The van der Waals surface area contributed by atoms with Crippen LogP contribution in [0.5, 0.6) is 0 Å². The normalized spacial score (nSPS) is 13.1. The summed E-state index contributed by atoms with van der Waals surface area (Å²) in [6.07, 6.45) is 2.90. The molecule has 0 saturated carbocycles. The van der Waals surface area contributed by atoms with Gasteiger partial charge in [-0.2, -0.15) is 0 Å². The number of amides is 2. The molecule has 2 rings (SSSR count). The molecule has 0 heterocycles. The molecule has 10 heteroatoms. The van der Waals surface area contributed by atoms with Crippen molar-refractivity contribution in [1.29, 1.82) is 0 Å². The van der Waals surface area contributed by atoms with Crippen molar-refractivity contribution in [2.75, 3.05) is 17.1 Å². The van der Waals surface area contributed by atoms with Crippen LogP contribution in [-0.4, -0.2) is 50.0 Å². The number of hydrogen-bond donors (Lipinski definition) is 1. The van der Waals surface area contributed by atoms with Crippen molar-refractivity contribution in [3.8, 4) is 0 Å². The Morgan fingerprint density at radius 2 is 1.56 bits per heavy atom. The summed E-state index contributed by atoms with van der Waals surface area (Å²) in [6.45, 7) is 7.11. The Balaban J connectivity index is 2.49. The molecule has 36 heavy (non-hydrogen) atoms. The molecular weight excluding hydrogens is 521 g/mol. The van der Waals surface area contributed by atoms with Gasteiger partial charge in [-0.05, 0) is 56.0 Å². The van der Waals surface area contributed by atoms with Crippen LogP contribution in [0, 0.1) is 0 Å². The lowest BCUT2D eigenvalue weighted by molar-refractivity contribution is -0.140. The van der Waals surface area contributed by atoms with Gasteiger partial charge in [0.25, 0.3) is 0 Å². The summed E-state index contributed by atoms with van der Waals surface area (Å²) in [6, 6.07) is 11.1. The lowest BCUT2D eigenvalue weighted by Gasteiger charge is -2.33. The lowest BCUT2D eigenvalue weighted by Crippen LogP contribution is -2.53. The first-order chi connectivity index (χ1) is 16.9. The van der Waals surface area contributed by atoms with Gasteiger partial charge in [0.2, 0.25) is 21.8 Å². The van der Waals surface area contributed by atoms with E-state index in [1.807, 2.05) is 32.9 Å². The zero-order valence-electron chi connectivity index (χ0n) is 21.4. The van der Waals surface area contributed by atoms with Gasteiger partial charge in [0.1, 0.15) is 12.6 Å². The highest BCUT2D eigenvalue weighted by Crippen LogP contribution is 2.28. The average Bonchev–Trinajstić information content (AvgIpc) is 2.83. The number of nitrogens with one attached hydrogen (secondary N) is 1. The highest BCUT2D eigenvalue weighted by atomic mass is 35.5. The van der Waals surface area contributed by atoms with Crippen LogP contribution in [0.1, 0.15) is 51.7 Å². The monoisotopic (exact) mass is 555 g/mol. The fourth-order valence-electron chi connectivity index (χ4n) is 3.73. The van der Waals surface area contributed by atoms with E-state index in [1.165, 1.54) is 4.90 Å². The fourth-order valence-corrected chi connectivity index (χ4v) is 5.09. The van der Waals surface area contributed by atoms with E-state index < -0.39 is 28.5 Å². The standard InChI is InChI=1S/C26H35Cl2N3O4S/c1-6-18(4)29-26(33)24(8-3)30(16-21-22(27)10-9-11-23(21)28)25(32)17-31(36(5,34)35)20-14-12-19(7-2)13-15-20/h9-15,18,24H,6-8,16-17H2,1-5H3,(H,29,33)/t18-,24+/m0/s1. The van der Waals surface area contributed by atoms with Crippen molar-refractivity contribution in [3.63, 3.8) is 0 Å². The van der Waals surface area contributed by atoms with E-state index in [1.54, 1.807) is 37.3 Å². The van der Waals surface area contributed by atoms with Crippen molar-refractivity contribution in [1.82, 2.24) is 10.2 Å². The Bertz CT molecular complexity index is 1140. The number of aryl methyl sites for hydroxylation is 1. The molecule has 0 unspecified atom stereocenters. The third kappa shape index (κ3) is 7.85. The SMILES string of the molecule is CCc1ccc(N(CC(=O)N(Cc2c(Cl)cccc2Cl)[C@H](CC)C(=O)N[C@@H](C)CC)S(C)(=O)=O)cc1. The van der Waals surface area contributed by atoms with E-state index in [4.69, 9.17) is 23.2 Å². The van der Waals surface area contributed by atoms with Gasteiger partial charge in [-0.3, -0.25) is 13.9 Å². The van der Waals surface area contributed by atoms with E-state index in [2.05, 4.69) is 5.32 Å². The maximum Gasteiger partial charge on any atom is 0.244 e. The molecule has 7 nitrogen and oxygen atoms in total. The maximum atomic E-state index is 13.7. The first-order valence-corrected chi connectivity index (χ1v) is 14.6. The van der Waals surface area contributed by atoms with Gasteiger partial charge in [0, 0.05) is 28.2 Å². The summed E-state index contributed by atoms with van der Waals surface area (Å²) < 4.78 is 26.5. The summed E-state index contributed by atoms with van der Waals surface area (Å²) in [4.78, 5) is 28.3. The van der Waals surface area contributed by atoms with Gasteiger partial charge in [-0.25, -0.2) is 8.42 Å². The van der Waals surface area contributed by atoms with Crippen molar-refractivity contribution in [3.05, 3.63) is 63.6 Å². The molecular formula is C26H35Cl2N3O4S. The van der Waals surface area contributed by atoms with Crippen LogP contribution in [0.4, 0.5) is 5.69 Å². The first-order valence-electron chi connectivity index (χ1n) is 12.0. The number of nitrogens with zero attached hydrogens (tertiary/aromatic N) is 2. The van der Waals surface area contributed by atoms with Gasteiger partial charge in [0.05, 0.1) is 11.9 Å². The number of hydrogen-bond acceptors (Lipinski definition) is 4. The number of sulfonamides is 1. The highest BCUT2D eigenvalue weighted by molar-refractivity contribution is 7.92. The molecule has 0 aliphatic heterocycles. The maximum absolute atomic E-state index is 13.7. The second-order valence-corrected chi connectivity index (χ2v) is 11.5. The quantitative estimate of drug-likeness (QED) is 0.397. The highest BCUT2D eigenvalue weighted by Gasteiger charge is 2.32. The number of anilines is 1. The molecule has 198 valence electrons. The Morgan fingerprint density at radius 1 is 0.972 bits per heavy atom. The van der Waals surface area contributed by atoms with Gasteiger partial charge >= 0.3 is 0 Å². The summed E-state index contributed by atoms with van der Waals surface area (Å²) >= 11 is 12.8. The summed E-state index contributed by atoms with van der Waals surface area (Å²) in [7, 11) is -3.80. The minimum Gasteiger partial charge on any atom is -0.352 e. The van der Waals surface area contributed by atoms with Gasteiger partial charge < -0.3 is 10.2 Å². The number of halogens is 2. The lowest BCUT2D eigenvalue weighted by atomic mass is 10.1. The smallest absolute Gasteiger partial charge is 0.244 e. The van der Waals surface area contributed by atoms with E-state index in [0.29, 0.717) is 27.7 Å². The topological polar surface area (TPSA) is 86.8 Å². The second kappa shape index (κ2) is 13.3. The molecule has 0 fully saturated rings. The fraction of sp³-hybridized carbons (Fsp3) is 0.462. The summed E-state index contributed by atoms with van der Waals surface area (Å²) in [5.41, 5.74) is 1.90. The first kappa shape index (κ1) is 29.9. The number of carbonyl (C=O) groups excluding carboxylic acids is 2. The van der Waals surface area contributed by atoms with Crippen molar-refractivity contribution < 1.29 is 18.0 Å². The van der Waals surface area contributed by atoms with Crippen LogP contribution in [0.2, 0.25) is 10.0 Å². The number of benzene rings is 2. The zero-order valence-corrected chi connectivity index (χ0v) is 23.8. The molecule has 1 N–H and O–H groups in total. The van der Waals surface area contributed by atoms with Crippen LogP contribution in [0.15, 0.2) is 42.5 Å². The zero-order chi connectivity index (χ0) is 27.0. The molecule has 0 spiro atoms. The Hall–Kier alpha value is -2.29. The van der Waals surface area contributed by atoms with Crippen LogP contribution >= 0.6 is 23.2 Å². The second-order valence-electron chi connectivity index (χ2n) is 8.75. The molecule has 0 aromatic heterocycles. The minimum atomic E-state index is -3.80. The third-order valence-corrected chi connectivity index (χ3v) is 7.94. The van der Waals surface area contributed by atoms with Crippen LogP contribution < -0.4 is 9.62 Å². The largest absolute Gasteiger partial charge is 0.352 e. The minimum absolute atomic E-state index is 0.0455. The molecule has 0 aliphatic carbocycles. The number of rotatable bonds is 12. The Labute approximate surface area is 224 Å². The molecule has 0 radical (unpaired) electrons.